The van der Waals surface area contributed by atoms with Gasteiger partial charge >= 0.3 is 0 Å². The van der Waals surface area contributed by atoms with Crippen LogP contribution in [0.2, 0.25) is 5.02 Å². The highest BCUT2D eigenvalue weighted by Gasteiger charge is 2.29. The molecular weight excluding hydrogens is 318 g/mol. The van der Waals surface area contributed by atoms with Gasteiger partial charge in [-0.15, -0.1) is 0 Å². The first-order chi connectivity index (χ1) is 11.4. The lowest BCUT2D eigenvalue weighted by molar-refractivity contribution is 0.277. The molecule has 0 spiro atoms. The van der Waals surface area contributed by atoms with Gasteiger partial charge in [-0.2, -0.15) is 0 Å². The largest absolute Gasteiger partial charge is 0.343 e. The van der Waals surface area contributed by atoms with E-state index in [9.17, 15) is 0 Å². The Labute approximate surface area is 150 Å². The van der Waals surface area contributed by atoms with Crippen molar-refractivity contribution < 1.29 is 0 Å². The first-order valence-corrected chi connectivity index (χ1v) is 9.51. The van der Waals surface area contributed by atoms with Crippen molar-refractivity contribution in [1.82, 2.24) is 14.4 Å². The highest BCUT2D eigenvalue weighted by atomic mass is 35.5. The number of benzene rings is 1. The van der Waals surface area contributed by atoms with Crippen LogP contribution in [-0.2, 0) is 19.5 Å². The van der Waals surface area contributed by atoms with E-state index in [2.05, 4.69) is 47.4 Å². The molecule has 1 aromatic heterocycles. The maximum atomic E-state index is 6.29. The first-order valence-electron chi connectivity index (χ1n) is 9.13. The van der Waals surface area contributed by atoms with E-state index in [4.69, 9.17) is 11.6 Å². The van der Waals surface area contributed by atoms with Crippen LogP contribution in [0.1, 0.15) is 31.5 Å². The molecule has 3 heterocycles. The second-order valence-corrected chi connectivity index (χ2v) is 8.85. The topological polar surface area (TPSA) is 11.4 Å². The van der Waals surface area contributed by atoms with Gasteiger partial charge in [0.1, 0.15) is 0 Å². The minimum atomic E-state index is 0.481. The Morgan fingerprint density at radius 3 is 2.75 bits per heavy atom. The quantitative estimate of drug-likeness (QED) is 0.832. The van der Waals surface area contributed by atoms with Gasteiger partial charge in [0.2, 0.25) is 0 Å². The Morgan fingerprint density at radius 1 is 1.17 bits per heavy atom. The Bertz CT molecular complexity index is 762. The molecule has 0 amide bonds. The molecule has 0 radical (unpaired) electrons. The third kappa shape index (κ3) is 2.98. The molecule has 3 nitrogen and oxygen atoms in total. The summed E-state index contributed by atoms with van der Waals surface area (Å²) in [5.41, 5.74) is 4.86. The Morgan fingerprint density at radius 2 is 2.00 bits per heavy atom. The zero-order valence-electron chi connectivity index (χ0n) is 15.1. The van der Waals surface area contributed by atoms with Crippen LogP contribution in [0.25, 0.3) is 10.9 Å². The van der Waals surface area contributed by atoms with E-state index in [1.807, 2.05) is 6.07 Å². The Balaban J connectivity index is 1.65. The van der Waals surface area contributed by atoms with Crippen LogP contribution in [-0.4, -0.2) is 47.6 Å². The molecule has 1 aromatic carbocycles. The fourth-order valence-corrected chi connectivity index (χ4v) is 4.64. The first kappa shape index (κ1) is 16.4. The van der Waals surface area contributed by atoms with Crippen molar-refractivity contribution in [3.8, 4) is 0 Å². The Kier molecular flexibility index (Phi) is 4.14. The number of nitrogens with zero attached hydrogens (tertiary/aromatic N) is 3. The van der Waals surface area contributed by atoms with Gasteiger partial charge in [0, 0.05) is 60.8 Å². The van der Waals surface area contributed by atoms with Crippen molar-refractivity contribution >= 4 is 22.5 Å². The van der Waals surface area contributed by atoms with Crippen molar-refractivity contribution in [3.05, 3.63) is 34.5 Å². The van der Waals surface area contributed by atoms with Crippen LogP contribution in [0.4, 0.5) is 0 Å². The van der Waals surface area contributed by atoms with E-state index in [-0.39, 0.29) is 0 Å². The summed E-state index contributed by atoms with van der Waals surface area (Å²) in [4.78, 5) is 5.04. The second kappa shape index (κ2) is 6.05. The summed E-state index contributed by atoms with van der Waals surface area (Å²) >= 11 is 6.29. The standard InChI is InChI=1S/C20H28ClN3/c1-20(2)7-9-23(14-20)10-11-24-18-5-4-15(21)12-16(18)17-13-22(3)8-6-19(17)24/h4-5,12H,6-11,13-14H2,1-3H3. The number of hydrogen-bond donors (Lipinski definition) is 0. The molecule has 1 saturated heterocycles. The van der Waals surface area contributed by atoms with Gasteiger partial charge in [0.15, 0.2) is 0 Å². The number of likely N-dealkylation sites (N-methyl/N-ethyl adjacent to an activating group) is 1. The zero-order valence-corrected chi connectivity index (χ0v) is 15.9. The second-order valence-electron chi connectivity index (χ2n) is 8.42. The number of fused-ring (bicyclic) bond motifs is 3. The number of likely N-dealkylation sites (tertiary alicyclic amines) is 1. The van der Waals surface area contributed by atoms with Crippen molar-refractivity contribution in [3.63, 3.8) is 0 Å². The third-order valence-corrected chi connectivity index (χ3v) is 6.04. The minimum absolute atomic E-state index is 0.481. The monoisotopic (exact) mass is 345 g/mol. The molecular formula is C20H28ClN3. The summed E-state index contributed by atoms with van der Waals surface area (Å²) in [6, 6.07) is 6.41. The predicted octanol–water partition coefficient (Wildman–Crippen LogP) is 4.01. The van der Waals surface area contributed by atoms with E-state index in [1.165, 1.54) is 41.7 Å². The van der Waals surface area contributed by atoms with Crippen molar-refractivity contribution in [2.24, 2.45) is 5.41 Å². The fourth-order valence-electron chi connectivity index (χ4n) is 4.47. The lowest BCUT2D eigenvalue weighted by Crippen LogP contribution is -2.30. The Hall–Kier alpha value is -1.03. The van der Waals surface area contributed by atoms with Gasteiger partial charge in [-0.3, -0.25) is 0 Å². The van der Waals surface area contributed by atoms with Crippen LogP contribution in [0.15, 0.2) is 18.2 Å². The lowest BCUT2D eigenvalue weighted by atomic mass is 9.93. The molecule has 4 rings (SSSR count). The maximum absolute atomic E-state index is 6.29. The van der Waals surface area contributed by atoms with Crippen LogP contribution in [0, 0.1) is 5.41 Å². The summed E-state index contributed by atoms with van der Waals surface area (Å²) in [5, 5.41) is 2.20. The minimum Gasteiger partial charge on any atom is -0.343 e. The van der Waals surface area contributed by atoms with E-state index in [0.717, 1.165) is 37.6 Å². The third-order valence-electron chi connectivity index (χ3n) is 5.80. The molecule has 0 atom stereocenters. The molecule has 0 N–H and O–H groups in total. The molecule has 0 bridgehead atoms. The molecule has 2 aliphatic rings. The van der Waals surface area contributed by atoms with Gasteiger partial charge < -0.3 is 14.4 Å². The fraction of sp³-hybridized carbons (Fsp3) is 0.600. The van der Waals surface area contributed by atoms with Gasteiger partial charge in [-0.1, -0.05) is 25.4 Å². The van der Waals surface area contributed by atoms with E-state index in [1.54, 1.807) is 0 Å². The highest BCUT2D eigenvalue weighted by Crippen LogP contribution is 2.33. The number of aromatic nitrogens is 1. The van der Waals surface area contributed by atoms with Crippen LogP contribution in [0.3, 0.4) is 0 Å². The summed E-state index contributed by atoms with van der Waals surface area (Å²) in [6.07, 6.45) is 2.46. The predicted molar refractivity (Wildman–Crippen MR) is 102 cm³/mol. The molecule has 0 aliphatic carbocycles. The summed E-state index contributed by atoms with van der Waals surface area (Å²) < 4.78 is 2.57. The molecule has 4 heteroatoms. The molecule has 0 saturated carbocycles. The average molecular weight is 346 g/mol. The number of rotatable bonds is 3. The van der Waals surface area contributed by atoms with Gasteiger partial charge in [-0.05, 0) is 49.2 Å². The molecule has 24 heavy (non-hydrogen) atoms. The normalized spacial score (nSPS) is 21.5. The van der Waals surface area contributed by atoms with E-state index >= 15 is 0 Å². The summed E-state index contributed by atoms with van der Waals surface area (Å²) in [5.74, 6) is 0. The summed E-state index contributed by atoms with van der Waals surface area (Å²) in [6.45, 7) is 11.7. The molecule has 0 unspecified atom stereocenters. The van der Waals surface area contributed by atoms with Crippen molar-refractivity contribution in [2.75, 3.05) is 33.2 Å². The average Bonchev–Trinajstić information content (AvgIpc) is 3.02. The zero-order chi connectivity index (χ0) is 16.9. The van der Waals surface area contributed by atoms with E-state index in [0.29, 0.717) is 5.41 Å². The number of halogens is 1. The van der Waals surface area contributed by atoms with Crippen LogP contribution >= 0.6 is 11.6 Å². The molecule has 2 aromatic rings. The smallest absolute Gasteiger partial charge is 0.0487 e. The SMILES string of the molecule is CN1CCc2c(c3cc(Cl)ccc3n2CCN2CCC(C)(C)C2)C1. The van der Waals surface area contributed by atoms with E-state index < -0.39 is 0 Å². The van der Waals surface area contributed by atoms with Crippen LogP contribution < -0.4 is 0 Å². The number of hydrogen-bond acceptors (Lipinski definition) is 2. The van der Waals surface area contributed by atoms with Crippen molar-refractivity contribution in [1.29, 1.82) is 0 Å². The van der Waals surface area contributed by atoms with Crippen LogP contribution in [0.5, 0.6) is 0 Å². The molecule has 130 valence electrons. The van der Waals surface area contributed by atoms with Crippen molar-refractivity contribution in [2.45, 2.75) is 39.8 Å². The van der Waals surface area contributed by atoms with Gasteiger partial charge in [0.25, 0.3) is 0 Å². The lowest BCUT2D eigenvalue weighted by Gasteiger charge is -2.25. The highest BCUT2D eigenvalue weighted by molar-refractivity contribution is 6.31. The molecule has 1 fully saturated rings. The van der Waals surface area contributed by atoms with Gasteiger partial charge in [-0.25, -0.2) is 0 Å². The summed E-state index contributed by atoms with van der Waals surface area (Å²) in [7, 11) is 2.21. The van der Waals surface area contributed by atoms with Gasteiger partial charge in [0.05, 0.1) is 0 Å². The molecule has 2 aliphatic heterocycles. The maximum Gasteiger partial charge on any atom is 0.0487 e.